The molecule has 0 spiro atoms. The first-order valence-corrected chi connectivity index (χ1v) is 4.16. The standard InChI is InChI=1S/C9H9FN4O2/c10-6-3-1-2-5(7(6)8(15)16)4-13-14-9(11)12/h1-4H,(H,15,16)(H4,11,12,14). The predicted octanol–water partition coefficient (Wildman–Crippen LogP) is 0.131. The number of carbonyl (C=O) groups is 1. The summed E-state index contributed by atoms with van der Waals surface area (Å²) in [7, 11) is 0. The zero-order chi connectivity index (χ0) is 12.1. The maximum Gasteiger partial charge on any atom is 0.339 e. The minimum absolute atomic E-state index is 0.0810. The number of carboxylic acid groups (broad SMARTS) is 1. The Hall–Kier alpha value is -2.44. The molecule has 5 N–H and O–H groups in total. The van der Waals surface area contributed by atoms with Crippen LogP contribution in [0.5, 0.6) is 0 Å². The molecule has 84 valence electrons. The molecule has 0 saturated carbocycles. The fourth-order valence-electron chi connectivity index (χ4n) is 1.03. The number of nitrogens with two attached hydrogens (primary N) is 2. The molecule has 1 aromatic carbocycles. The highest BCUT2D eigenvalue weighted by molar-refractivity contribution is 5.98. The van der Waals surface area contributed by atoms with Crippen molar-refractivity contribution >= 4 is 18.1 Å². The van der Waals surface area contributed by atoms with E-state index in [1.807, 2.05) is 0 Å². The minimum Gasteiger partial charge on any atom is -0.478 e. The quantitative estimate of drug-likeness (QED) is 0.384. The number of halogens is 1. The first-order chi connectivity index (χ1) is 7.52. The normalized spacial score (nSPS) is 10.3. The third-order valence-corrected chi connectivity index (χ3v) is 1.63. The Kier molecular flexibility index (Phi) is 3.54. The predicted molar refractivity (Wildman–Crippen MR) is 56.8 cm³/mol. The highest BCUT2D eigenvalue weighted by atomic mass is 19.1. The number of hydrogen-bond acceptors (Lipinski definition) is 3. The number of benzene rings is 1. The van der Waals surface area contributed by atoms with Crippen molar-refractivity contribution in [2.24, 2.45) is 21.7 Å². The minimum atomic E-state index is -1.38. The molecular formula is C9H9FN4O2. The molecule has 1 rings (SSSR count). The number of carboxylic acids is 1. The van der Waals surface area contributed by atoms with Crippen LogP contribution in [0, 0.1) is 5.82 Å². The smallest absolute Gasteiger partial charge is 0.339 e. The van der Waals surface area contributed by atoms with Gasteiger partial charge in [-0.2, -0.15) is 5.10 Å². The summed E-state index contributed by atoms with van der Waals surface area (Å²) in [6.07, 6.45) is 1.06. The van der Waals surface area contributed by atoms with Gasteiger partial charge in [0.15, 0.2) is 0 Å². The maximum absolute atomic E-state index is 13.2. The van der Waals surface area contributed by atoms with Crippen LogP contribution in [0.25, 0.3) is 0 Å². The Morgan fingerprint density at radius 3 is 2.69 bits per heavy atom. The Labute approximate surface area is 90.1 Å². The Bertz CT molecular complexity index is 467. The molecule has 0 aromatic heterocycles. The average molecular weight is 224 g/mol. The lowest BCUT2D eigenvalue weighted by Gasteiger charge is -2.00. The lowest BCUT2D eigenvalue weighted by atomic mass is 10.1. The van der Waals surface area contributed by atoms with Gasteiger partial charge in [0.05, 0.1) is 6.21 Å². The van der Waals surface area contributed by atoms with Crippen molar-refractivity contribution in [3.05, 3.63) is 35.1 Å². The van der Waals surface area contributed by atoms with Crippen LogP contribution in [-0.2, 0) is 0 Å². The Balaban J connectivity index is 3.14. The molecule has 1 aromatic rings. The van der Waals surface area contributed by atoms with Gasteiger partial charge in [0.25, 0.3) is 0 Å². The largest absolute Gasteiger partial charge is 0.478 e. The summed E-state index contributed by atoms with van der Waals surface area (Å²) in [4.78, 5) is 10.8. The maximum atomic E-state index is 13.2. The molecule has 0 atom stereocenters. The van der Waals surface area contributed by atoms with Gasteiger partial charge in [-0.1, -0.05) is 12.1 Å². The molecule has 7 heteroatoms. The van der Waals surface area contributed by atoms with Gasteiger partial charge in [0.1, 0.15) is 11.4 Å². The summed E-state index contributed by atoms with van der Waals surface area (Å²) in [6.45, 7) is 0. The monoisotopic (exact) mass is 224 g/mol. The molecule has 0 amide bonds. The van der Waals surface area contributed by atoms with Crippen molar-refractivity contribution in [1.82, 2.24) is 0 Å². The van der Waals surface area contributed by atoms with Crippen LogP contribution in [0.1, 0.15) is 15.9 Å². The van der Waals surface area contributed by atoms with Crippen LogP contribution in [-0.4, -0.2) is 23.2 Å². The lowest BCUT2D eigenvalue weighted by molar-refractivity contribution is 0.0692. The molecule has 0 fully saturated rings. The number of guanidine groups is 1. The van der Waals surface area contributed by atoms with E-state index in [0.29, 0.717) is 0 Å². The molecule has 0 saturated heterocycles. The molecule has 0 bridgehead atoms. The zero-order valence-corrected chi connectivity index (χ0v) is 8.09. The van der Waals surface area contributed by atoms with Gasteiger partial charge >= 0.3 is 5.97 Å². The Morgan fingerprint density at radius 1 is 1.44 bits per heavy atom. The molecule has 0 heterocycles. The highest BCUT2D eigenvalue weighted by Crippen LogP contribution is 2.11. The van der Waals surface area contributed by atoms with Gasteiger partial charge in [-0.05, 0) is 6.07 Å². The molecule has 16 heavy (non-hydrogen) atoms. The third-order valence-electron chi connectivity index (χ3n) is 1.63. The fraction of sp³-hybridized carbons (Fsp3) is 0. The van der Waals surface area contributed by atoms with Crippen LogP contribution in [0.15, 0.2) is 28.4 Å². The highest BCUT2D eigenvalue weighted by Gasteiger charge is 2.13. The summed E-state index contributed by atoms with van der Waals surface area (Å²) in [5, 5.41) is 15.5. The molecule has 0 unspecified atom stereocenters. The second-order valence-electron chi connectivity index (χ2n) is 2.78. The molecule has 0 radical (unpaired) electrons. The van der Waals surface area contributed by atoms with E-state index in [1.165, 1.54) is 12.1 Å². The number of rotatable bonds is 3. The van der Waals surface area contributed by atoms with Crippen LogP contribution in [0.4, 0.5) is 4.39 Å². The van der Waals surface area contributed by atoms with E-state index >= 15 is 0 Å². The number of hydrogen-bond donors (Lipinski definition) is 3. The zero-order valence-electron chi connectivity index (χ0n) is 8.09. The molecule has 0 aliphatic heterocycles. The van der Waals surface area contributed by atoms with E-state index in [9.17, 15) is 9.18 Å². The third kappa shape index (κ3) is 2.77. The Morgan fingerprint density at radius 2 is 2.12 bits per heavy atom. The van der Waals surface area contributed by atoms with Gasteiger partial charge in [-0.15, -0.1) is 5.10 Å². The van der Waals surface area contributed by atoms with Gasteiger partial charge in [-0.25, -0.2) is 9.18 Å². The fourth-order valence-corrected chi connectivity index (χ4v) is 1.03. The van der Waals surface area contributed by atoms with E-state index in [0.717, 1.165) is 12.3 Å². The molecular weight excluding hydrogens is 215 g/mol. The van der Waals surface area contributed by atoms with Crippen molar-refractivity contribution in [3.8, 4) is 0 Å². The summed E-state index contributed by atoms with van der Waals surface area (Å²) < 4.78 is 13.2. The van der Waals surface area contributed by atoms with Crippen molar-refractivity contribution < 1.29 is 14.3 Å². The summed E-state index contributed by atoms with van der Waals surface area (Å²) in [5.74, 6) is -2.50. The van der Waals surface area contributed by atoms with Crippen LogP contribution >= 0.6 is 0 Å². The van der Waals surface area contributed by atoms with E-state index in [2.05, 4.69) is 10.2 Å². The average Bonchev–Trinajstić information content (AvgIpc) is 2.16. The van der Waals surface area contributed by atoms with Crippen LogP contribution in [0.2, 0.25) is 0 Å². The summed E-state index contributed by atoms with van der Waals surface area (Å²) >= 11 is 0. The van der Waals surface area contributed by atoms with E-state index in [-0.39, 0.29) is 11.5 Å². The van der Waals surface area contributed by atoms with Crippen molar-refractivity contribution in [2.45, 2.75) is 0 Å². The van der Waals surface area contributed by atoms with Gasteiger partial charge in [-0.3, -0.25) is 0 Å². The summed E-state index contributed by atoms with van der Waals surface area (Å²) in [5.41, 5.74) is 9.62. The topological polar surface area (TPSA) is 114 Å². The van der Waals surface area contributed by atoms with Crippen molar-refractivity contribution in [2.75, 3.05) is 0 Å². The van der Waals surface area contributed by atoms with Crippen LogP contribution in [0.3, 0.4) is 0 Å². The van der Waals surface area contributed by atoms with Crippen LogP contribution < -0.4 is 11.5 Å². The molecule has 6 nitrogen and oxygen atoms in total. The van der Waals surface area contributed by atoms with E-state index in [1.54, 1.807) is 0 Å². The van der Waals surface area contributed by atoms with Crippen molar-refractivity contribution in [3.63, 3.8) is 0 Å². The number of aromatic carboxylic acids is 1. The van der Waals surface area contributed by atoms with Crippen molar-refractivity contribution in [1.29, 1.82) is 0 Å². The first kappa shape index (κ1) is 11.6. The molecule has 0 aliphatic rings. The lowest BCUT2D eigenvalue weighted by Crippen LogP contribution is -2.21. The van der Waals surface area contributed by atoms with Gasteiger partial charge in [0.2, 0.25) is 5.96 Å². The second kappa shape index (κ2) is 4.87. The second-order valence-corrected chi connectivity index (χ2v) is 2.78. The number of nitrogens with zero attached hydrogens (tertiary/aromatic N) is 2. The molecule has 0 aliphatic carbocycles. The van der Waals surface area contributed by atoms with Gasteiger partial charge in [0, 0.05) is 5.56 Å². The first-order valence-electron chi connectivity index (χ1n) is 4.16. The van der Waals surface area contributed by atoms with E-state index < -0.39 is 17.3 Å². The van der Waals surface area contributed by atoms with E-state index in [4.69, 9.17) is 16.6 Å². The SMILES string of the molecule is NC(N)=NN=Cc1cccc(F)c1C(=O)O. The van der Waals surface area contributed by atoms with Gasteiger partial charge < -0.3 is 16.6 Å². The summed E-state index contributed by atoms with van der Waals surface area (Å²) in [6, 6.07) is 3.79.